The van der Waals surface area contributed by atoms with Crippen molar-refractivity contribution >= 4 is 23.5 Å². The Hall–Kier alpha value is -1.20. The van der Waals surface area contributed by atoms with Crippen LogP contribution in [0.1, 0.15) is 18.5 Å². The van der Waals surface area contributed by atoms with E-state index in [9.17, 15) is 4.79 Å². The fourth-order valence-electron chi connectivity index (χ4n) is 1.47. The molecule has 2 rings (SSSR count). The van der Waals surface area contributed by atoms with Gasteiger partial charge in [-0.3, -0.25) is 10.1 Å². The third-order valence-corrected chi connectivity index (χ3v) is 2.68. The van der Waals surface area contributed by atoms with Gasteiger partial charge in [-0.25, -0.2) is 9.97 Å². The summed E-state index contributed by atoms with van der Waals surface area (Å²) in [6, 6.07) is 1.64. The number of aromatic nitrogens is 2. The highest BCUT2D eigenvalue weighted by Crippen LogP contribution is 2.27. The average molecular weight is 255 g/mol. The molecule has 1 heterocycles. The molecule has 1 saturated carbocycles. The van der Waals surface area contributed by atoms with Gasteiger partial charge in [-0.1, -0.05) is 11.6 Å². The fraction of sp³-hybridized carbons (Fsp3) is 0.545. The van der Waals surface area contributed by atoms with Crippen molar-refractivity contribution in [1.29, 1.82) is 0 Å². The molecule has 1 aromatic heterocycles. The number of carbonyl (C=O) groups excluding carboxylic acids is 1. The SMILES string of the molecule is Cc1cc(Cl)nc(NC(=O)CNCC2CC2)n1. The molecule has 0 radical (unpaired) electrons. The summed E-state index contributed by atoms with van der Waals surface area (Å²) < 4.78 is 0. The van der Waals surface area contributed by atoms with Gasteiger partial charge in [0.2, 0.25) is 11.9 Å². The highest BCUT2D eigenvalue weighted by atomic mass is 35.5. The molecule has 1 aliphatic rings. The summed E-state index contributed by atoms with van der Waals surface area (Å²) in [5, 5.41) is 6.04. The summed E-state index contributed by atoms with van der Waals surface area (Å²) in [5.74, 6) is 0.869. The summed E-state index contributed by atoms with van der Waals surface area (Å²) in [5.41, 5.74) is 0.728. The lowest BCUT2D eigenvalue weighted by atomic mass is 10.4. The zero-order valence-electron chi connectivity index (χ0n) is 9.66. The number of rotatable bonds is 5. The van der Waals surface area contributed by atoms with Crippen molar-refractivity contribution < 1.29 is 4.79 Å². The van der Waals surface area contributed by atoms with E-state index in [4.69, 9.17) is 11.6 Å². The smallest absolute Gasteiger partial charge is 0.240 e. The summed E-state index contributed by atoms with van der Waals surface area (Å²) in [6.07, 6.45) is 2.54. The molecular weight excluding hydrogens is 240 g/mol. The first-order valence-electron chi connectivity index (χ1n) is 5.65. The van der Waals surface area contributed by atoms with Crippen LogP contribution in [0.2, 0.25) is 5.15 Å². The minimum Gasteiger partial charge on any atom is -0.308 e. The Morgan fingerprint density at radius 1 is 1.53 bits per heavy atom. The van der Waals surface area contributed by atoms with E-state index < -0.39 is 0 Å². The van der Waals surface area contributed by atoms with E-state index in [0.717, 1.165) is 18.2 Å². The Morgan fingerprint density at radius 2 is 2.29 bits per heavy atom. The number of nitrogens with zero attached hydrogens (tertiary/aromatic N) is 2. The molecule has 0 unspecified atom stereocenters. The number of carbonyl (C=O) groups is 1. The minimum absolute atomic E-state index is 0.146. The Labute approximate surface area is 105 Å². The molecule has 1 amide bonds. The summed E-state index contributed by atoms with van der Waals surface area (Å²) >= 11 is 5.77. The van der Waals surface area contributed by atoms with Crippen LogP contribution < -0.4 is 10.6 Å². The van der Waals surface area contributed by atoms with Crippen LogP contribution in [0.25, 0.3) is 0 Å². The van der Waals surface area contributed by atoms with Crippen LogP contribution in [-0.2, 0) is 4.79 Å². The molecule has 5 nitrogen and oxygen atoms in total. The van der Waals surface area contributed by atoms with Gasteiger partial charge in [0.1, 0.15) is 5.15 Å². The molecule has 0 saturated heterocycles. The Balaban J connectivity index is 1.79. The van der Waals surface area contributed by atoms with Gasteiger partial charge in [0.15, 0.2) is 0 Å². The van der Waals surface area contributed by atoms with Gasteiger partial charge in [0.05, 0.1) is 6.54 Å². The monoisotopic (exact) mass is 254 g/mol. The fourth-order valence-corrected chi connectivity index (χ4v) is 1.70. The highest BCUT2D eigenvalue weighted by molar-refractivity contribution is 6.29. The van der Waals surface area contributed by atoms with E-state index in [1.54, 1.807) is 13.0 Å². The van der Waals surface area contributed by atoms with Crippen molar-refractivity contribution in [2.45, 2.75) is 19.8 Å². The van der Waals surface area contributed by atoms with Crippen molar-refractivity contribution in [3.8, 4) is 0 Å². The number of amides is 1. The summed E-state index contributed by atoms with van der Waals surface area (Å²) in [4.78, 5) is 19.5. The number of halogens is 1. The highest BCUT2D eigenvalue weighted by Gasteiger charge is 2.20. The van der Waals surface area contributed by atoms with Gasteiger partial charge >= 0.3 is 0 Å². The molecule has 1 fully saturated rings. The van der Waals surface area contributed by atoms with E-state index in [1.807, 2.05) is 0 Å². The second-order valence-corrected chi connectivity index (χ2v) is 4.67. The van der Waals surface area contributed by atoms with Crippen LogP contribution in [0.4, 0.5) is 5.95 Å². The predicted molar refractivity (Wildman–Crippen MR) is 66.0 cm³/mol. The molecule has 92 valence electrons. The van der Waals surface area contributed by atoms with Crippen LogP contribution in [-0.4, -0.2) is 29.0 Å². The Morgan fingerprint density at radius 3 is 2.94 bits per heavy atom. The average Bonchev–Trinajstić information content (AvgIpc) is 2.99. The Kier molecular flexibility index (Phi) is 3.91. The second-order valence-electron chi connectivity index (χ2n) is 4.28. The second kappa shape index (κ2) is 5.42. The molecule has 0 aromatic carbocycles. The zero-order valence-corrected chi connectivity index (χ0v) is 10.4. The van der Waals surface area contributed by atoms with E-state index in [1.165, 1.54) is 12.8 Å². The predicted octanol–water partition coefficient (Wildman–Crippen LogP) is 1.38. The number of nitrogens with one attached hydrogen (secondary N) is 2. The lowest BCUT2D eigenvalue weighted by Crippen LogP contribution is -2.30. The first kappa shape index (κ1) is 12.3. The maximum absolute atomic E-state index is 11.5. The molecule has 2 N–H and O–H groups in total. The van der Waals surface area contributed by atoms with Gasteiger partial charge in [-0.2, -0.15) is 0 Å². The van der Waals surface area contributed by atoms with Crippen LogP contribution in [0, 0.1) is 12.8 Å². The number of hydrogen-bond acceptors (Lipinski definition) is 4. The van der Waals surface area contributed by atoms with Crippen molar-refractivity contribution in [1.82, 2.24) is 15.3 Å². The van der Waals surface area contributed by atoms with E-state index in [-0.39, 0.29) is 18.4 Å². The first-order valence-corrected chi connectivity index (χ1v) is 6.03. The van der Waals surface area contributed by atoms with E-state index in [0.29, 0.717) is 5.15 Å². The zero-order chi connectivity index (χ0) is 12.3. The lowest BCUT2D eigenvalue weighted by molar-refractivity contribution is -0.115. The van der Waals surface area contributed by atoms with E-state index >= 15 is 0 Å². The summed E-state index contributed by atoms with van der Waals surface area (Å²) in [6.45, 7) is 2.99. The quantitative estimate of drug-likeness (QED) is 0.779. The molecule has 6 heteroatoms. The maximum atomic E-state index is 11.5. The third kappa shape index (κ3) is 4.28. The van der Waals surface area contributed by atoms with Crippen LogP contribution >= 0.6 is 11.6 Å². The largest absolute Gasteiger partial charge is 0.308 e. The van der Waals surface area contributed by atoms with Crippen molar-refractivity contribution in [2.24, 2.45) is 5.92 Å². The van der Waals surface area contributed by atoms with Crippen molar-refractivity contribution in [3.63, 3.8) is 0 Å². The molecule has 1 aromatic rings. The summed E-state index contributed by atoms with van der Waals surface area (Å²) in [7, 11) is 0. The lowest BCUT2D eigenvalue weighted by Gasteiger charge is -2.05. The first-order chi connectivity index (χ1) is 8.13. The van der Waals surface area contributed by atoms with Crippen molar-refractivity contribution in [3.05, 3.63) is 16.9 Å². The minimum atomic E-state index is -0.146. The van der Waals surface area contributed by atoms with Gasteiger partial charge in [-0.15, -0.1) is 0 Å². The topological polar surface area (TPSA) is 66.9 Å². The van der Waals surface area contributed by atoms with Gasteiger partial charge in [0.25, 0.3) is 0 Å². The normalized spacial score (nSPS) is 14.7. The van der Waals surface area contributed by atoms with Gasteiger partial charge in [0, 0.05) is 5.69 Å². The third-order valence-electron chi connectivity index (χ3n) is 2.49. The molecule has 0 spiro atoms. The number of anilines is 1. The van der Waals surface area contributed by atoms with Crippen molar-refractivity contribution in [2.75, 3.05) is 18.4 Å². The molecule has 0 atom stereocenters. The molecule has 0 aliphatic heterocycles. The maximum Gasteiger partial charge on any atom is 0.240 e. The Bertz CT molecular complexity index is 400. The number of aryl methyl sites for hydroxylation is 1. The standard InChI is InChI=1S/C11H15ClN4O/c1-7-4-9(12)15-11(14-7)16-10(17)6-13-5-8-2-3-8/h4,8,13H,2-3,5-6H2,1H3,(H,14,15,16,17). The van der Waals surface area contributed by atoms with Gasteiger partial charge < -0.3 is 5.32 Å². The van der Waals surface area contributed by atoms with Gasteiger partial charge in [-0.05, 0) is 38.3 Å². The number of hydrogen-bond donors (Lipinski definition) is 2. The van der Waals surface area contributed by atoms with Crippen LogP contribution in [0.3, 0.4) is 0 Å². The molecule has 17 heavy (non-hydrogen) atoms. The van der Waals surface area contributed by atoms with Crippen LogP contribution in [0.15, 0.2) is 6.07 Å². The molecule has 1 aliphatic carbocycles. The van der Waals surface area contributed by atoms with Crippen LogP contribution in [0.5, 0.6) is 0 Å². The molecule has 0 bridgehead atoms. The van der Waals surface area contributed by atoms with E-state index in [2.05, 4.69) is 20.6 Å². The molecular formula is C11H15ClN4O.